The van der Waals surface area contributed by atoms with Crippen molar-refractivity contribution in [3.8, 4) is 6.07 Å². The lowest BCUT2D eigenvalue weighted by molar-refractivity contribution is 0.367. The van der Waals surface area contributed by atoms with Gasteiger partial charge in [-0.15, -0.1) is 11.3 Å². The molecule has 1 aromatic rings. The van der Waals surface area contributed by atoms with E-state index in [0.717, 1.165) is 29.4 Å². The molecule has 5 heteroatoms. The van der Waals surface area contributed by atoms with Crippen LogP contribution in [0.15, 0.2) is 15.9 Å². The van der Waals surface area contributed by atoms with Crippen molar-refractivity contribution in [3.05, 3.63) is 11.6 Å². The van der Waals surface area contributed by atoms with Crippen molar-refractivity contribution in [1.29, 1.82) is 5.26 Å². The summed E-state index contributed by atoms with van der Waals surface area (Å²) in [7, 11) is 0. The zero-order valence-corrected chi connectivity index (χ0v) is 12.3. The highest BCUT2D eigenvalue weighted by atomic mass is 32.2. The number of nitrogens with zero attached hydrogens (tertiary/aromatic N) is 2. The summed E-state index contributed by atoms with van der Waals surface area (Å²) in [5.41, 5.74) is -0.301. The lowest BCUT2D eigenvalue weighted by atomic mass is 9.92. The van der Waals surface area contributed by atoms with Crippen LogP contribution in [-0.4, -0.2) is 22.3 Å². The van der Waals surface area contributed by atoms with Gasteiger partial charge in [-0.2, -0.15) is 5.26 Å². The molecule has 1 unspecified atom stereocenters. The second-order valence-electron chi connectivity index (χ2n) is 4.72. The molecule has 0 bridgehead atoms. The summed E-state index contributed by atoms with van der Waals surface area (Å²) in [5, 5.41) is 14.9. The Hall–Kier alpha value is -0.570. The van der Waals surface area contributed by atoms with Crippen molar-refractivity contribution in [2.75, 3.05) is 5.75 Å². The molecule has 1 atom stereocenters. The smallest absolute Gasteiger partial charge is 0.149 e. The lowest BCUT2D eigenvalue weighted by Gasteiger charge is -2.26. The zero-order valence-electron chi connectivity index (χ0n) is 10.7. The molecule has 18 heavy (non-hydrogen) atoms. The Labute approximate surface area is 117 Å². The predicted octanol–water partition coefficient (Wildman–Crippen LogP) is 3.44. The molecule has 1 aliphatic rings. The molecule has 1 N–H and O–H groups in total. The van der Waals surface area contributed by atoms with E-state index in [1.807, 2.05) is 11.6 Å². The van der Waals surface area contributed by atoms with Crippen LogP contribution in [0, 0.1) is 11.3 Å². The van der Waals surface area contributed by atoms with Crippen molar-refractivity contribution in [1.82, 2.24) is 10.3 Å². The number of rotatable bonds is 8. The van der Waals surface area contributed by atoms with E-state index in [-0.39, 0.29) is 5.54 Å². The number of hydrogen-bond acceptors (Lipinski definition) is 5. The number of nitriles is 1. The van der Waals surface area contributed by atoms with Crippen molar-refractivity contribution < 1.29 is 0 Å². The standard InChI is InChI=1S/C13H19N3S2/c1-2-13(10-14,16-11-4-5-11)6-3-8-17-12-15-7-9-18-12/h7,9,11,16H,2-6,8H2,1H3. The summed E-state index contributed by atoms with van der Waals surface area (Å²) in [6, 6.07) is 3.09. The third-order valence-corrected chi connectivity index (χ3v) is 5.31. The largest absolute Gasteiger partial charge is 0.297 e. The van der Waals surface area contributed by atoms with Crippen molar-refractivity contribution in [2.24, 2.45) is 0 Å². The van der Waals surface area contributed by atoms with E-state index in [4.69, 9.17) is 0 Å². The first-order valence-electron chi connectivity index (χ1n) is 6.49. The monoisotopic (exact) mass is 281 g/mol. The number of nitrogens with one attached hydrogen (secondary N) is 1. The van der Waals surface area contributed by atoms with Gasteiger partial charge in [0.15, 0.2) is 0 Å². The number of hydrogen-bond donors (Lipinski definition) is 1. The number of thiazole rings is 1. The summed E-state index contributed by atoms with van der Waals surface area (Å²) in [5.74, 6) is 1.04. The quantitative estimate of drug-likeness (QED) is 0.586. The summed E-state index contributed by atoms with van der Waals surface area (Å²) < 4.78 is 1.13. The van der Waals surface area contributed by atoms with Crippen LogP contribution in [0.1, 0.15) is 39.0 Å². The molecule has 1 aliphatic carbocycles. The fourth-order valence-corrected chi connectivity index (χ4v) is 3.60. The Balaban J connectivity index is 1.73. The van der Waals surface area contributed by atoms with Crippen LogP contribution in [0.2, 0.25) is 0 Å². The second-order valence-corrected chi connectivity index (χ2v) is 6.95. The Morgan fingerprint density at radius 3 is 3.06 bits per heavy atom. The van der Waals surface area contributed by atoms with Crippen LogP contribution in [0.4, 0.5) is 0 Å². The van der Waals surface area contributed by atoms with Gasteiger partial charge in [-0.25, -0.2) is 4.98 Å². The molecule has 0 amide bonds. The molecule has 2 rings (SSSR count). The Morgan fingerprint density at radius 2 is 2.50 bits per heavy atom. The van der Waals surface area contributed by atoms with Gasteiger partial charge in [0.05, 0.1) is 6.07 Å². The van der Waals surface area contributed by atoms with Crippen LogP contribution in [-0.2, 0) is 0 Å². The maximum Gasteiger partial charge on any atom is 0.149 e. The van der Waals surface area contributed by atoms with Crippen molar-refractivity contribution in [3.63, 3.8) is 0 Å². The second kappa shape index (κ2) is 6.55. The molecule has 0 radical (unpaired) electrons. The van der Waals surface area contributed by atoms with Gasteiger partial charge in [0.2, 0.25) is 0 Å². The van der Waals surface area contributed by atoms with Crippen LogP contribution in [0.3, 0.4) is 0 Å². The summed E-state index contributed by atoms with van der Waals surface area (Å²) in [6.45, 7) is 2.10. The van der Waals surface area contributed by atoms with Crippen LogP contribution in [0.5, 0.6) is 0 Å². The molecule has 1 saturated carbocycles. The molecule has 0 aromatic carbocycles. The van der Waals surface area contributed by atoms with Gasteiger partial charge < -0.3 is 0 Å². The van der Waals surface area contributed by atoms with Gasteiger partial charge in [0, 0.05) is 23.4 Å². The number of thioether (sulfide) groups is 1. The Bertz CT molecular complexity index is 395. The maximum absolute atomic E-state index is 9.41. The summed E-state index contributed by atoms with van der Waals surface area (Å²) in [4.78, 5) is 4.25. The van der Waals surface area contributed by atoms with Gasteiger partial charge in [0.25, 0.3) is 0 Å². The minimum Gasteiger partial charge on any atom is -0.297 e. The molecule has 1 heterocycles. The minimum absolute atomic E-state index is 0.301. The highest BCUT2D eigenvalue weighted by Gasteiger charge is 2.34. The molecule has 1 fully saturated rings. The van der Waals surface area contributed by atoms with Crippen LogP contribution < -0.4 is 5.32 Å². The van der Waals surface area contributed by atoms with Gasteiger partial charge in [-0.05, 0) is 32.1 Å². The Morgan fingerprint density at radius 1 is 1.67 bits per heavy atom. The highest BCUT2D eigenvalue weighted by Crippen LogP contribution is 2.28. The third-order valence-electron chi connectivity index (χ3n) is 3.26. The topological polar surface area (TPSA) is 48.7 Å². The van der Waals surface area contributed by atoms with Crippen molar-refractivity contribution >= 4 is 23.1 Å². The minimum atomic E-state index is -0.301. The van der Waals surface area contributed by atoms with E-state index >= 15 is 0 Å². The molecule has 3 nitrogen and oxygen atoms in total. The maximum atomic E-state index is 9.41. The Kier molecular flexibility index (Phi) is 5.04. The van der Waals surface area contributed by atoms with Crippen LogP contribution in [0.25, 0.3) is 0 Å². The molecule has 1 aromatic heterocycles. The molecular weight excluding hydrogens is 262 g/mol. The van der Waals surface area contributed by atoms with E-state index in [2.05, 4.69) is 23.3 Å². The molecule has 0 aliphatic heterocycles. The van der Waals surface area contributed by atoms with Crippen molar-refractivity contribution in [2.45, 2.75) is 54.9 Å². The first-order chi connectivity index (χ1) is 8.78. The van der Waals surface area contributed by atoms with Gasteiger partial charge in [-0.3, -0.25) is 5.32 Å². The molecule has 98 valence electrons. The normalized spacial score (nSPS) is 18.2. The number of aromatic nitrogens is 1. The average molecular weight is 281 g/mol. The van der Waals surface area contributed by atoms with Gasteiger partial charge in [0.1, 0.15) is 9.88 Å². The molecule has 0 spiro atoms. The zero-order chi connectivity index (χ0) is 12.8. The van der Waals surface area contributed by atoms with E-state index < -0.39 is 0 Å². The first kappa shape index (κ1) is 13.9. The fourth-order valence-electron chi connectivity index (χ4n) is 1.95. The summed E-state index contributed by atoms with van der Waals surface area (Å²) in [6.07, 6.45) is 7.20. The average Bonchev–Trinajstić information content (AvgIpc) is 3.05. The SMILES string of the molecule is CCC(C#N)(CCCSc1nccs1)NC1CC1. The summed E-state index contributed by atoms with van der Waals surface area (Å²) >= 11 is 3.48. The fraction of sp³-hybridized carbons (Fsp3) is 0.692. The first-order valence-corrected chi connectivity index (χ1v) is 8.36. The third kappa shape index (κ3) is 3.98. The highest BCUT2D eigenvalue weighted by molar-refractivity contribution is 8.00. The van der Waals surface area contributed by atoms with E-state index in [1.54, 1.807) is 23.1 Å². The van der Waals surface area contributed by atoms with Crippen LogP contribution >= 0.6 is 23.1 Å². The van der Waals surface area contributed by atoms with E-state index in [0.29, 0.717) is 6.04 Å². The van der Waals surface area contributed by atoms with Gasteiger partial charge in [-0.1, -0.05) is 18.7 Å². The predicted molar refractivity (Wildman–Crippen MR) is 76.9 cm³/mol. The molecule has 0 saturated heterocycles. The van der Waals surface area contributed by atoms with Gasteiger partial charge >= 0.3 is 0 Å². The lowest BCUT2D eigenvalue weighted by Crippen LogP contribution is -2.44. The van der Waals surface area contributed by atoms with E-state index in [1.165, 1.54) is 12.8 Å². The molecular formula is C13H19N3S2. The van der Waals surface area contributed by atoms with E-state index in [9.17, 15) is 5.26 Å².